The maximum absolute atomic E-state index is 13.4. The largest absolute Gasteiger partial charge is 0.385 e. The Kier molecular flexibility index (Phi) is 6.15. The van der Waals surface area contributed by atoms with Gasteiger partial charge in [0.15, 0.2) is 0 Å². The Labute approximate surface area is 126 Å². The lowest BCUT2D eigenvalue weighted by atomic mass is 9.97. The van der Waals surface area contributed by atoms with Gasteiger partial charge in [-0.25, -0.2) is 4.39 Å². The number of benzene rings is 1. The van der Waals surface area contributed by atoms with E-state index in [2.05, 4.69) is 13.8 Å². The van der Waals surface area contributed by atoms with Crippen LogP contribution >= 0.6 is 0 Å². The van der Waals surface area contributed by atoms with Crippen LogP contribution in [0, 0.1) is 5.82 Å². The van der Waals surface area contributed by atoms with E-state index < -0.39 is 6.10 Å². The van der Waals surface area contributed by atoms with Crippen molar-refractivity contribution in [1.82, 2.24) is 0 Å². The van der Waals surface area contributed by atoms with E-state index in [1.807, 2.05) is 0 Å². The maximum Gasteiger partial charge on any atom is 0.128 e. The topological polar surface area (TPSA) is 33.9 Å². The first-order chi connectivity index (χ1) is 10.1. The number of ether oxygens (including phenoxy) is 1. The number of nitrogens with one attached hydrogen (secondary N) is 1. The molecule has 0 aliphatic carbocycles. The van der Waals surface area contributed by atoms with E-state index in [1.165, 1.54) is 30.2 Å². The SMILES string of the molecule is C[C@@H]1CCC[C@H](C)[NH+]1C[C@H](O)COCc1ccccc1F. The van der Waals surface area contributed by atoms with Crippen molar-refractivity contribution in [3.8, 4) is 0 Å². The predicted octanol–water partition coefficient (Wildman–Crippen LogP) is 1.55. The highest BCUT2D eigenvalue weighted by Crippen LogP contribution is 2.09. The van der Waals surface area contributed by atoms with Crippen LogP contribution in [0.2, 0.25) is 0 Å². The van der Waals surface area contributed by atoms with Gasteiger partial charge >= 0.3 is 0 Å². The minimum atomic E-state index is -0.491. The summed E-state index contributed by atoms with van der Waals surface area (Å²) in [6.07, 6.45) is 3.24. The van der Waals surface area contributed by atoms with Crippen LogP contribution in [0.5, 0.6) is 0 Å². The number of aliphatic hydroxyl groups excluding tert-OH is 1. The van der Waals surface area contributed by atoms with E-state index in [1.54, 1.807) is 18.2 Å². The van der Waals surface area contributed by atoms with Gasteiger partial charge in [-0.1, -0.05) is 18.2 Å². The molecule has 0 radical (unpaired) electrons. The van der Waals surface area contributed by atoms with E-state index in [-0.39, 0.29) is 19.0 Å². The third kappa shape index (κ3) is 4.77. The molecule has 1 aromatic rings. The van der Waals surface area contributed by atoms with Crippen molar-refractivity contribution in [3.63, 3.8) is 0 Å². The van der Waals surface area contributed by atoms with Crippen LogP contribution in [0.25, 0.3) is 0 Å². The molecule has 1 unspecified atom stereocenters. The third-order valence-corrected chi connectivity index (χ3v) is 4.54. The molecule has 1 fully saturated rings. The lowest BCUT2D eigenvalue weighted by molar-refractivity contribution is -0.954. The second-order valence-corrected chi connectivity index (χ2v) is 6.27. The van der Waals surface area contributed by atoms with E-state index in [4.69, 9.17) is 4.74 Å². The summed E-state index contributed by atoms with van der Waals surface area (Å²) < 4.78 is 18.9. The number of hydrogen-bond donors (Lipinski definition) is 2. The molecular weight excluding hydrogens is 269 g/mol. The van der Waals surface area contributed by atoms with Gasteiger partial charge in [-0.15, -0.1) is 0 Å². The highest BCUT2D eigenvalue weighted by atomic mass is 19.1. The standard InChI is InChI=1S/C17H26FNO2/c1-13-6-5-7-14(2)19(13)10-16(20)12-21-11-15-8-3-4-9-17(15)18/h3-4,8-9,13-14,16,20H,5-7,10-12H2,1-2H3/p+1/t13-,14+,16-/m0/s1. The van der Waals surface area contributed by atoms with E-state index >= 15 is 0 Å². The number of rotatable bonds is 6. The van der Waals surface area contributed by atoms with Crippen molar-refractivity contribution < 1.29 is 19.1 Å². The number of aliphatic hydroxyl groups is 1. The highest BCUT2D eigenvalue weighted by Gasteiger charge is 2.30. The normalized spacial score (nSPS) is 27.5. The molecule has 1 heterocycles. The summed E-state index contributed by atoms with van der Waals surface area (Å²) in [5.74, 6) is -0.254. The molecule has 1 saturated heterocycles. The van der Waals surface area contributed by atoms with Crippen LogP contribution < -0.4 is 4.90 Å². The average molecular weight is 296 g/mol. The number of likely N-dealkylation sites (tertiary alicyclic amines) is 1. The van der Waals surface area contributed by atoms with Crippen LogP contribution in [-0.4, -0.2) is 36.4 Å². The highest BCUT2D eigenvalue weighted by molar-refractivity contribution is 5.16. The third-order valence-electron chi connectivity index (χ3n) is 4.54. The van der Waals surface area contributed by atoms with E-state index in [9.17, 15) is 9.50 Å². The van der Waals surface area contributed by atoms with Crippen LogP contribution in [0.1, 0.15) is 38.7 Å². The zero-order valence-electron chi connectivity index (χ0n) is 13.0. The molecule has 4 heteroatoms. The lowest BCUT2D eigenvalue weighted by Gasteiger charge is -2.36. The van der Waals surface area contributed by atoms with Gasteiger partial charge < -0.3 is 14.7 Å². The molecule has 0 bridgehead atoms. The smallest absolute Gasteiger partial charge is 0.128 e. The van der Waals surface area contributed by atoms with Crippen LogP contribution in [-0.2, 0) is 11.3 Å². The van der Waals surface area contributed by atoms with Gasteiger partial charge in [-0.05, 0) is 39.2 Å². The van der Waals surface area contributed by atoms with Crippen LogP contribution in [0.4, 0.5) is 4.39 Å². The quantitative estimate of drug-likeness (QED) is 0.835. The van der Waals surface area contributed by atoms with Crippen molar-refractivity contribution in [2.24, 2.45) is 0 Å². The van der Waals surface area contributed by atoms with Gasteiger partial charge in [-0.3, -0.25) is 0 Å². The minimum Gasteiger partial charge on any atom is -0.385 e. The van der Waals surface area contributed by atoms with Gasteiger partial charge in [0, 0.05) is 5.56 Å². The molecule has 0 aromatic heterocycles. The van der Waals surface area contributed by atoms with E-state index in [0.29, 0.717) is 24.2 Å². The monoisotopic (exact) mass is 296 g/mol. The van der Waals surface area contributed by atoms with Gasteiger partial charge in [0.2, 0.25) is 0 Å². The molecule has 4 atom stereocenters. The molecule has 2 N–H and O–H groups in total. The zero-order valence-corrected chi connectivity index (χ0v) is 13.0. The number of halogens is 1. The first-order valence-electron chi connectivity index (χ1n) is 7.92. The molecular formula is C17H27FNO2+. The Morgan fingerprint density at radius 3 is 2.62 bits per heavy atom. The Balaban J connectivity index is 1.74. The first-order valence-corrected chi connectivity index (χ1v) is 7.92. The van der Waals surface area contributed by atoms with Crippen molar-refractivity contribution in [2.75, 3.05) is 13.2 Å². The van der Waals surface area contributed by atoms with Crippen molar-refractivity contribution in [2.45, 2.75) is 57.9 Å². The summed E-state index contributed by atoms with van der Waals surface area (Å²) in [4.78, 5) is 1.46. The molecule has 1 aromatic carbocycles. The van der Waals surface area contributed by atoms with Gasteiger partial charge in [0.05, 0.1) is 25.3 Å². The minimum absolute atomic E-state index is 0.212. The number of quaternary nitrogens is 1. The first kappa shape index (κ1) is 16.4. The predicted molar refractivity (Wildman–Crippen MR) is 80.7 cm³/mol. The summed E-state index contributed by atoms with van der Waals surface area (Å²) in [6.45, 7) is 5.68. The molecule has 0 amide bonds. The number of hydrogen-bond acceptors (Lipinski definition) is 2. The fourth-order valence-electron chi connectivity index (χ4n) is 3.24. The Hall–Kier alpha value is -0.970. The Morgan fingerprint density at radius 2 is 1.95 bits per heavy atom. The van der Waals surface area contributed by atoms with Crippen molar-refractivity contribution in [1.29, 1.82) is 0 Å². The van der Waals surface area contributed by atoms with Crippen LogP contribution in [0.15, 0.2) is 24.3 Å². The molecule has 0 spiro atoms. The summed E-state index contributed by atoms with van der Waals surface area (Å²) in [6, 6.07) is 7.78. The second kappa shape index (κ2) is 7.87. The molecule has 1 aliphatic heterocycles. The fourth-order valence-corrected chi connectivity index (χ4v) is 3.24. The maximum atomic E-state index is 13.4. The Bertz CT molecular complexity index is 431. The van der Waals surface area contributed by atoms with Gasteiger partial charge in [0.25, 0.3) is 0 Å². The van der Waals surface area contributed by atoms with Gasteiger partial charge in [0.1, 0.15) is 18.5 Å². The second-order valence-electron chi connectivity index (χ2n) is 6.27. The fraction of sp³-hybridized carbons (Fsp3) is 0.647. The summed E-state index contributed by atoms with van der Waals surface area (Å²) in [7, 11) is 0. The summed E-state index contributed by atoms with van der Waals surface area (Å²) in [5.41, 5.74) is 0.539. The van der Waals surface area contributed by atoms with E-state index in [0.717, 1.165) is 0 Å². The lowest BCUT2D eigenvalue weighted by Crippen LogP contribution is -3.20. The van der Waals surface area contributed by atoms with Gasteiger partial charge in [-0.2, -0.15) is 0 Å². The number of piperidine rings is 1. The zero-order chi connectivity index (χ0) is 15.2. The average Bonchev–Trinajstić information content (AvgIpc) is 2.45. The molecule has 2 rings (SSSR count). The van der Waals surface area contributed by atoms with Crippen molar-refractivity contribution in [3.05, 3.63) is 35.6 Å². The molecule has 21 heavy (non-hydrogen) atoms. The van der Waals surface area contributed by atoms with Crippen molar-refractivity contribution >= 4 is 0 Å². The molecule has 118 valence electrons. The molecule has 3 nitrogen and oxygen atoms in total. The Morgan fingerprint density at radius 1 is 1.29 bits per heavy atom. The molecule has 1 aliphatic rings. The summed E-state index contributed by atoms with van der Waals surface area (Å²) in [5, 5.41) is 10.1. The molecule has 0 saturated carbocycles. The summed E-state index contributed by atoms with van der Waals surface area (Å²) >= 11 is 0. The van der Waals surface area contributed by atoms with Crippen LogP contribution in [0.3, 0.4) is 0 Å².